The van der Waals surface area contributed by atoms with Gasteiger partial charge in [0.2, 0.25) is 5.91 Å². The van der Waals surface area contributed by atoms with Crippen molar-refractivity contribution in [1.82, 2.24) is 10.1 Å². The molecule has 1 heterocycles. The summed E-state index contributed by atoms with van der Waals surface area (Å²) in [5.74, 6) is 0.831. The fraction of sp³-hybridized carbons (Fsp3) is 0.353. The Labute approximate surface area is 135 Å². The average Bonchev–Trinajstić information content (AvgIpc) is 2.91. The Kier molecular flexibility index (Phi) is 5.16. The molecule has 1 aromatic heterocycles. The fourth-order valence-corrected chi connectivity index (χ4v) is 2.13. The summed E-state index contributed by atoms with van der Waals surface area (Å²) in [4.78, 5) is 25.6. The maximum absolute atomic E-state index is 12.3. The number of nitrogens with zero attached hydrogens (tertiary/aromatic N) is 2. The third-order valence-corrected chi connectivity index (χ3v) is 3.45. The monoisotopic (exact) mass is 315 g/mol. The second-order valence-corrected chi connectivity index (χ2v) is 5.81. The number of aryl methyl sites for hydroxylation is 1. The van der Waals surface area contributed by atoms with Crippen LogP contribution >= 0.6 is 0 Å². The number of carbonyl (C=O) groups excluding carboxylic acids is 2. The molecule has 2 rings (SSSR count). The third-order valence-electron chi connectivity index (χ3n) is 3.45. The molecule has 0 bridgehead atoms. The summed E-state index contributed by atoms with van der Waals surface area (Å²) >= 11 is 0. The Morgan fingerprint density at radius 3 is 2.43 bits per heavy atom. The first-order valence-electron chi connectivity index (χ1n) is 7.45. The highest BCUT2D eigenvalue weighted by Gasteiger charge is 2.16. The standard InChI is InChI=1S/C17H21N3O3/c1-11(2)13-5-7-14(8-6-13)17(22)20(4)10-16(21)18-15-9-12(3)23-19-15/h5-9,11H,10H2,1-4H3,(H,18,19,21). The van der Waals surface area contributed by atoms with E-state index < -0.39 is 0 Å². The van der Waals surface area contributed by atoms with Gasteiger partial charge in [0.25, 0.3) is 5.91 Å². The van der Waals surface area contributed by atoms with Crippen molar-refractivity contribution in [2.75, 3.05) is 18.9 Å². The molecule has 0 unspecified atom stereocenters. The van der Waals surface area contributed by atoms with E-state index in [0.717, 1.165) is 0 Å². The summed E-state index contributed by atoms with van der Waals surface area (Å²) in [6, 6.07) is 9.05. The molecule has 2 amide bonds. The minimum atomic E-state index is -0.326. The van der Waals surface area contributed by atoms with Crippen LogP contribution in [0.3, 0.4) is 0 Å². The maximum atomic E-state index is 12.3. The zero-order valence-corrected chi connectivity index (χ0v) is 13.8. The van der Waals surface area contributed by atoms with Crippen molar-refractivity contribution >= 4 is 17.6 Å². The molecule has 0 aliphatic carbocycles. The van der Waals surface area contributed by atoms with Crippen LogP contribution in [0.5, 0.6) is 0 Å². The van der Waals surface area contributed by atoms with Gasteiger partial charge in [-0.3, -0.25) is 9.59 Å². The fourth-order valence-electron chi connectivity index (χ4n) is 2.13. The van der Waals surface area contributed by atoms with E-state index in [1.54, 1.807) is 32.2 Å². The largest absolute Gasteiger partial charge is 0.360 e. The van der Waals surface area contributed by atoms with Gasteiger partial charge in [-0.2, -0.15) is 0 Å². The highest BCUT2D eigenvalue weighted by molar-refractivity contribution is 5.98. The Hall–Kier alpha value is -2.63. The van der Waals surface area contributed by atoms with Crippen molar-refractivity contribution in [1.29, 1.82) is 0 Å². The lowest BCUT2D eigenvalue weighted by Crippen LogP contribution is -2.35. The van der Waals surface area contributed by atoms with Crippen LogP contribution < -0.4 is 5.32 Å². The zero-order chi connectivity index (χ0) is 17.0. The quantitative estimate of drug-likeness (QED) is 0.920. The first-order chi connectivity index (χ1) is 10.9. The summed E-state index contributed by atoms with van der Waals surface area (Å²) < 4.78 is 4.87. The normalized spacial score (nSPS) is 10.7. The van der Waals surface area contributed by atoms with E-state index in [9.17, 15) is 9.59 Å². The van der Waals surface area contributed by atoms with Crippen LogP contribution in [0.1, 0.15) is 41.4 Å². The van der Waals surface area contributed by atoms with Gasteiger partial charge in [-0.05, 0) is 30.5 Å². The predicted octanol–water partition coefficient (Wildman–Crippen LogP) is 2.82. The van der Waals surface area contributed by atoms with E-state index in [1.807, 2.05) is 12.1 Å². The molecule has 2 aromatic rings. The molecule has 1 N–H and O–H groups in total. The number of nitrogens with one attached hydrogen (secondary N) is 1. The SMILES string of the molecule is Cc1cc(NC(=O)CN(C)C(=O)c2ccc(C(C)C)cc2)no1. The number of aromatic nitrogens is 1. The molecule has 0 aliphatic heterocycles. The second kappa shape index (κ2) is 7.09. The number of hydrogen-bond donors (Lipinski definition) is 1. The summed E-state index contributed by atoms with van der Waals surface area (Å²) in [7, 11) is 1.59. The van der Waals surface area contributed by atoms with Crippen LogP contribution in [0.4, 0.5) is 5.82 Å². The smallest absolute Gasteiger partial charge is 0.254 e. The molecule has 0 radical (unpaired) electrons. The number of benzene rings is 1. The molecule has 0 spiro atoms. The minimum absolute atomic E-state index is 0.0589. The third kappa shape index (κ3) is 4.42. The second-order valence-electron chi connectivity index (χ2n) is 5.81. The van der Waals surface area contributed by atoms with Crippen molar-refractivity contribution < 1.29 is 14.1 Å². The van der Waals surface area contributed by atoms with Crippen molar-refractivity contribution in [3.05, 3.63) is 47.2 Å². The summed E-state index contributed by atoms with van der Waals surface area (Å²) in [5, 5.41) is 6.27. The topological polar surface area (TPSA) is 75.4 Å². The average molecular weight is 315 g/mol. The number of amides is 2. The van der Waals surface area contributed by atoms with E-state index in [-0.39, 0.29) is 18.4 Å². The van der Waals surface area contributed by atoms with Crippen molar-refractivity contribution in [3.63, 3.8) is 0 Å². The summed E-state index contributed by atoms with van der Waals surface area (Å²) in [6.07, 6.45) is 0. The van der Waals surface area contributed by atoms with Crippen LogP contribution in [-0.2, 0) is 4.79 Å². The van der Waals surface area contributed by atoms with E-state index in [0.29, 0.717) is 23.1 Å². The van der Waals surface area contributed by atoms with Gasteiger partial charge in [-0.25, -0.2) is 0 Å². The predicted molar refractivity (Wildman–Crippen MR) is 87.4 cm³/mol. The zero-order valence-electron chi connectivity index (χ0n) is 13.8. The van der Waals surface area contributed by atoms with Crippen molar-refractivity contribution in [2.24, 2.45) is 0 Å². The van der Waals surface area contributed by atoms with Gasteiger partial charge in [0.05, 0.1) is 6.54 Å². The Morgan fingerprint density at radius 2 is 1.91 bits per heavy atom. The number of likely N-dealkylation sites (N-methyl/N-ethyl adjacent to an activating group) is 1. The van der Waals surface area contributed by atoms with Gasteiger partial charge in [0, 0.05) is 18.7 Å². The van der Waals surface area contributed by atoms with Gasteiger partial charge in [-0.15, -0.1) is 0 Å². The molecular weight excluding hydrogens is 294 g/mol. The molecule has 0 saturated heterocycles. The van der Waals surface area contributed by atoms with Crippen molar-refractivity contribution in [2.45, 2.75) is 26.7 Å². The Bertz CT molecular complexity index is 689. The van der Waals surface area contributed by atoms with Crippen molar-refractivity contribution in [3.8, 4) is 0 Å². The maximum Gasteiger partial charge on any atom is 0.254 e. The van der Waals surface area contributed by atoms with Gasteiger partial charge in [-0.1, -0.05) is 31.1 Å². The molecule has 0 saturated carbocycles. The Morgan fingerprint density at radius 1 is 1.26 bits per heavy atom. The lowest BCUT2D eigenvalue weighted by Gasteiger charge is -2.16. The minimum Gasteiger partial charge on any atom is -0.360 e. The van der Waals surface area contributed by atoms with Crippen LogP contribution in [0.2, 0.25) is 0 Å². The van der Waals surface area contributed by atoms with Gasteiger partial charge >= 0.3 is 0 Å². The number of hydrogen-bond acceptors (Lipinski definition) is 4. The molecule has 6 nitrogen and oxygen atoms in total. The lowest BCUT2D eigenvalue weighted by molar-refractivity contribution is -0.116. The van der Waals surface area contributed by atoms with Gasteiger partial charge in [0.1, 0.15) is 5.76 Å². The first-order valence-corrected chi connectivity index (χ1v) is 7.45. The number of rotatable bonds is 5. The van der Waals surface area contributed by atoms with E-state index >= 15 is 0 Å². The number of carbonyl (C=O) groups is 2. The first kappa shape index (κ1) is 16.7. The molecule has 122 valence electrons. The number of anilines is 1. The highest BCUT2D eigenvalue weighted by Crippen LogP contribution is 2.15. The summed E-state index contributed by atoms with van der Waals surface area (Å²) in [5.41, 5.74) is 1.73. The molecular formula is C17H21N3O3. The molecule has 6 heteroatoms. The molecule has 0 fully saturated rings. The molecule has 0 aliphatic rings. The van der Waals surface area contributed by atoms with Gasteiger partial charge in [0.15, 0.2) is 5.82 Å². The van der Waals surface area contributed by atoms with Gasteiger partial charge < -0.3 is 14.7 Å². The Balaban J connectivity index is 1.95. The van der Waals surface area contributed by atoms with Crippen LogP contribution in [0.25, 0.3) is 0 Å². The van der Waals surface area contributed by atoms with Crippen LogP contribution in [0.15, 0.2) is 34.9 Å². The van der Waals surface area contributed by atoms with Crippen LogP contribution in [0, 0.1) is 6.92 Å². The summed E-state index contributed by atoms with van der Waals surface area (Å²) in [6.45, 7) is 5.87. The van der Waals surface area contributed by atoms with E-state index in [2.05, 4.69) is 24.3 Å². The highest BCUT2D eigenvalue weighted by atomic mass is 16.5. The van der Waals surface area contributed by atoms with E-state index in [1.165, 1.54) is 10.5 Å². The molecule has 23 heavy (non-hydrogen) atoms. The molecule has 0 atom stereocenters. The van der Waals surface area contributed by atoms with E-state index in [4.69, 9.17) is 4.52 Å². The molecule has 1 aromatic carbocycles. The van der Waals surface area contributed by atoms with Crippen LogP contribution in [-0.4, -0.2) is 35.5 Å². The lowest BCUT2D eigenvalue weighted by atomic mass is 10.0.